The third-order valence-corrected chi connectivity index (χ3v) is 3.50. The number of aryl methyl sites for hydroxylation is 1. The topological polar surface area (TPSA) is 38.3 Å². The van der Waals surface area contributed by atoms with E-state index in [0.29, 0.717) is 17.6 Å². The van der Waals surface area contributed by atoms with Crippen LogP contribution in [-0.4, -0.2) is 19.1 Å². The van der Waals surface area contributed by atoms with Crippen molar-refractivity contribution in [3.63, 3.8) is 0 Å². The first-order valence-electron chi connectivity index (χ1n) is 6.49. The molecule has 0 radical (unpaired) electrons. The molecule has 1 N–H and O–H groups in total. The van der Waals surface area contributed by atoms with Crippen LogP contribution in [0.5, 0.6) is 5.75 Å². The molecule has 3 nitrogen and oxygen atoms in total. The van der Waals surface area contributed by atoms with Gasteiger partial charge in [-0.3, -0.25) is 4.79 Å². The summed E-state index contributed by atoms with van der Waals surface area (Å²) in [6.45, 7) is 2.60. The van der Waals surface area contributed by atoms with Gasteiger partial charge in [0.2, 0.25) is 0 Å². The van der Waals surface area contributed by atoms with E-state index >= 15 is 0 Å². The van der Waals surface area contributed by atoms with E-state index in [0.717, 1.165) is 11.3 Å². The van der Waals surface area contributed by atoms with Crippen molar-refractivity contribution in [1.29, 1.82) is 0 Å². The van der Waals surface area contributed by atoms with Crippen LogP contribution in [-0.2, 0) is 0 Å². The fourth-order valence-corrected chi connectivity index (χ4v) is 2.36. The zero-order valence-electron chi connectivity index (χ0n) is 11.5. The fourth-order valence-electron chi connectivity index (χ4n) is 1.84. The van der Waals surface area contributed by atoms with Crippen molar-refractivity contribution in [2.75, 3.05) is 13.2 Å². The Morgan fingerprint density at radius 3 is 2.76 bits per heavy atom. The Labute approximate surface area is 131 Å². The second-order valence-corrected chi connectivity index (χ2v) is 5.37. The predicted octanol–water partition coefficient (Wildman–Crippen LogP) is 3.71. The number of halogens is 2. The average molecular weight is 352 g/mol. The maximum atomic E-state index is 13.6. The lowest BCUT2D eigenvalue weighted by Crippen LogP contribution is -2.29. The molecule has 0 atom stereocenters. The number of hydrogen-bond acceptors (Lipinski definition) is 2. The number of amides is 1. The summed E-state index contributed by atoms with van der Waals surface area (Å²) in [7, 11) is 0. The van der Waals surface area contributed by atoms with Crippen molar-refractivity contribution < 1.29 is 13.9 Å². The van der Waals surface area contributed by atoms with Gasteiger partial charge in [0.25, 0.3) is 5.91 Å². The molecule has 0 saturated carbocycles. The molecule has 0 saturated heterocycles. The number of carbonyl (C=O) groups is 1. The normalized spacial score (nSPS) is 10.2. The van der Waals surface area contributed by atoms with Crippen LogP contribution >= 0.6 is 15.9 Å². The molecule has 0 aromatic heterocycles. The highest BCUT2D eigenvalue weighted by Gasteiger charge is 2.14. The van der Waals surface area contributed by atoms with Crippen LogP contribution in [0.2, 0.25) is 0 Å². The summed E-state index contributed by atoms with van der Waals surface area (Å²) in [6, 6.07) is 12.1. The highest BCUT2D eigenvalue weighted by molar-refractivity contribution is 9.10. The highest BCUT2D eigenvalue weighted by atomic mass is 79.9. The van der Waals surface area contributed by atoms with Crippen LogP contribution in [0.1, 0.15) is 15.9 Å². The van der Waals surface area contributed by atoms with E-state index in [-0.39, 0.29) is 5.56 Å². The minimum atomic E-state index is -0.554. The van der Waals surface area contributed by atoms with Crippen LogP contribution in [0.15, 0.2) is 46.9 Å². The molecule has 1 amide bonds. The molecule has 0 aliphatic heterocycles. The monoisotopic (exact) mass is 351 g/mol. The lowest BCUT2D eigenvalue weighted by Gasteiger charge is -2.09. The van der Waals surface area contributed by atoms with Gasteiger partial charge in [0.1, 0.15) is 18.2 Å². The number of hydrogen-bond donors (Lipinski definition) is 1. The second kappa shape index (κ2) is 7.22. The fraction of sp³-hybridized carbons (Fsp3) is 0.188. The molecule has 0 bridgehead atoms. The van der Waals surface area contributed by atoms with Crippen LogP contribution < -0.4 is 10.1 Å². The Balaban J connectivity index is 1.85. The first kappa shape index (κ1) is 15.5. The van der Waals surface area contributed by atoms with Gasteiger partial charge in [-0.05, 0) is 52.7 Å². The summed E-state index contributed by atoms with van der Waals surface area (Å²) >= 11 is 3.17. The second-order valence-electron chi connectivity index (χ2n) is 4.52. The zero-order valence-corrected chi connectivity index (χ0v) is 13.1. The molecule has 110 valence electrons. The summed E-state index contributed by atoms with van der Waals surface area (Å²) in [5.41, 5.74) is 1.11. The highest BCUT2D eigenvalue weighted by Crippen LogP contribution is 2.19. The first-order valence-corrected chi connectivity index (χ1v) is 7.29. The molecule has 0 aliphatic carbocycles. The summed E-state index contributed by atoms with van der Waals surface area (Å²) in [5, 5.41) is 2.63. The molecule has 5 heteroatoms. The van der Waals surface area contributed by atoms with Gasteiger partial charge in [-0.25, -0.2) is 4.39 Å². The molecule has 0 heterocycles. The molecular formula is C16H15BrFNO2. The van der Waals surface area contributed by atoms with E-state index in [4.69, 9.17) is 4.74 Å². The smallest absolute Gasteiger partial charge is 0.255 e. The third kappa shape index (κ3) is 4.29. The van der Waals surface area contributed by atoms with Gasteiger partial charge in [-0.2, -0.15) is 0 Å². The lowest BCUT2D eigenvalue weighted by atomic mass is 10.2. The Morgan fingerprint density at radius 1 is 1.29 bits per heavy atom. The molecule has 2 aromatic carbocycles. The van der Waals surface area contributed by atoms with Gasteiger partial charge >= 0.3 is 0 Å². The van der Waals surface area contributed by atoms with E-state index in [1.54, 1.807) is 6.07 Å². The number of ether oxygens (including phenoxy) is 1. The molecule has 2 rings (SSSR count). The van der Waals surface area contributed by atoms with E-state index in [1.165, 1.54) is 12.1 Å². The van der Waals surface area contributed by atoms with Crippen molar-refractivity contribution in [3.05, 3.63) is 63.9 Å². The van der Waals surface area contributed by atoms with E-state index in [2.05, 4.69) is 21.2 Å². The Bertz CT molecular complexity index is 626. The van der Waals surface area contributed by atoms with Gasteiger partial charge in [0.05, 0.1) is 12.1 Å². The largest absolute Gasteiger partial charge is 0.492 e. The first-order chi connectivity index (χ1) is 10.1. The molecule has 0 fully saturated rings. The van der Waals surface area contributed by atoms with Crippen molar-refractivity contribution in [1.82, 2.24) is 5.32 Å². The standard InChI is InChI=1S/C16H15BrFNO2/c1-11-4-2-5-12(10-11)21-9-8-19-16(20)15-13(17)6-3-7-14(15)18/h2-7,10H,8-9H2,1H3,(H,19,20). The van der Waals surface area contributed by atoms with Crippen molar-refractivity contribution in [3.8, 4) is 5.75 Å². The quantitative estimate of drug-likeness (QED) is 0.834. The van der Waals surface area contributed by atoms with Crippen LogP contribution in [0.3, 0.4) is 0 Å². The van der Waals surface area contributed by atoms with Gasteiger partial charge in [0, 0.05) is 4.47 Å². The molecule has 0 spiro atoms. The Kier molecular flexibility index (Phi) is 5.33. The van der Waals surface area contributed by atoms with E-state index < -0.39 is 11.7 Å². The van der Waals surface area contributed by atoms with Gasteiger partial charge in [-0.1, -0.05) is 18.2 Å². The minimum absolute atomic E-state index is 0.00746. The maximum Gasteiger partial charge on any atom is 0.255 e. The summed E-state index contributed by atoms with van der Waals surface area (Å²) in [4.78, 5) is 11.9. The summed E-state index contributed by atoms with van der Waals surface area (Å²) in [6.07, 6.45) is 0. The third-order valence-electron chi connectivity index (χ3n) is 2.84. The summed E-state index contributed by atoms with van der Waals surface area (Å²) < 4.78 is 19.5. The Morgan fingerprint density at radius 2 is 2.05 bits per heavy atom. The van der Waals surface area contributed by atoms with E-state index in [9.17, 15) is 9.18 Å². The van der Waals surface area contributed by atoms with Crippen LogP contribution in [0, 0.1) is 12.7 Å². The molecular weight excluding hydrogens is 337 g/mol. The van der Waals surface area contributed by atoms with Crippen LogP contribution in [0.4, 0.5) is 4.39 Å². The molecule has 21 heavy (non-hydrogen) atoms. The SMILES string of the molecule is Cc1cccc(OCCNC(=O)c2c(F)cccc2Br)c1. The predicted molar refractivity (Wildman–Crippen MR) is 83.1 cm³/mol. The van der Waals surface area contributed by atoms with Crippen LogP contribution in [0.25, 0.3) is 0 Å². The van der Waals surface area contributed by atoms with Gasteiger partial charge in [0.15, 0.2) is 0 Å². The van der Waals surface area contributed by atoms with Gasteiger partial charge < -0.3 is 10.1 Å². The lowest BCUT2D eigenvalue weighted by molar-refractivity contribution is 0.0942. The molecule has 0 aliphatic rings. The summed E-state index contributed by atoms with van der Waals surface area (Å²) in [5.74, 6) is -0.273. The van der Waals surface area contributed by atoms with E-state index in [1.807, 2.05) is 31.2 Å². The van der Waals surface area contributed by atoms with Gasteiger partial charge in [-0.15, -0.1) is 0 Å². The number of benzene rings is 2. The maximum absolute atomic E-state index is 13.6. The van der Waals surface area contributed by atoms with Crippen molar-refractivity contribution >= 4 is 21.8 Å². The molecule has 2 aromatic rings. The number of carbonyl (C=O) groups excluding carboxylic acids is 1. The minimum Gasteiger partial charge on any atom is -0.492 e. The van der Waals surface area contributed by atoms with Crippen molar-refractivity contribution in [2.24, 2.45) is 0 Å². The Hall–Kier alpha value is -1.88. The zero-order chi connectivity index (χ0) is 15.2. The average Bonchev–Trinajstić information content (AvgIpc) is 2.43. The molecule has 0 unspecified atom stereocenters. The number of rotatable bonds is 5. The number of nitrogens with one attached hydrogen (secondary N) is 1. The van der Waals surface area contributed by atoms with Crippen molar-refractivity contribution in [2.45, 2.75) is 6.92 Å².